The lowest BCUT2D eigenvalue weighted by Crippen LogP contribution is -2.16. The Labute approximate surface area is 172 Å². The molecular weight excluding hydrogens is 411 g/mol. The second-order valence-electron chi connectivity index (χ2n) is 6.45. The fourth-order valence-corrected chi connectivity index (χ4v) is 3.90. The van der Waals surface area contributed by atoms with Gasteiger partial charge >= 0.3 is 0 Å². The molecule has 0 fully saturated rings. The van der Waals surface area contributed by atoms with Crippen LogP contribution in [0, 0.1) is 5.82 Å². The van der Waals surface area contributed by atoms with Crippen molar-refractivity contribution in [3.05, 3.63) is 78.1 Å². The normalized spacial score (nSPS) is 12.8. The highest BCUT2D eigenvalue weighted by molar-refractivity contribution is 7.92. The van der Waals surface area contributed by atoms with Crippen LogP contribution in [0.1, 0.15) is 10.4 Å². The van der Waals surface area contributed by atoms with E-state index in [4.69, 9.17) is 9.47 Å². The number of hydrogen-bond acceptors (Lipinski definition) is 5. The number of amides is 1. The van der Waals surface area contributed by atoms with Crippen molar-refractivity contribution in [2.45, 2.75) is 4.90 Å². The minimum atomic E-state index is -3.86. The van der Waals surface area contributed by atoms with E-state index in [0.717, 1.165) is 12.1 Å². The summed E-state index contributed by atoms with van der Waals surface area (Å²) in [6.45, 7) is 0.926. The minimum absolute atomic E-state index is 0.0654. The van der Waals surface area contributed by atoms with Crippen molar-refractivity contribution in [2.24, 2.45) is 0 Å². The average Bonchev–Trinajstić information content (AvgIpc) is 2.74. The zero-order valence-corrected chi connectivity index (χ0v) is 16.4. The van der Waals surface area contributed by atoms with Gasteiger partial charge in [0.25, 0.3) is 15.9 Å². The summed E-state index contributed by atoms with van der Waals surface area (Å²) in [5.41, 5.74) is 1.16. The highest BCUT2D eigenvalue weighted by Crippen LogP contribution is 2.32. The molecule has 0 aliphatic carbocycles. The first-order valence-corrected chi connectivity index (χ1v) is 10.5. The maximum Gasteiger partial charge on any atom is 0.261 e. The van der Waals surface area contributed by atoms with Gasteiger partial charge in [0.2, 0.25) is 0 Å². The lowest BCUT2D eigenvalue weighted by Gasteiger charge is -2.19. The first kappa shape index (κ1) is 19.7. The van der Waals surface area contributed by atoms with Crippen LogP contribution in [0.15, 0.2) is 71.6 Å². The first-order valence-electron chi connectivity index (χ1n) is 9.00. The molecule has 9 heteroatoms. The van der Waals surface area contributed by atoms with Crippen LogP contribution in [0.25, 0.3) is 0 Å². The lowest BCUT2D eigenvalue weighted by molar-refractivity contribution is 0.102. The van der Waals surface area contributed by atoms with Crippen molar-refractivity contribution in [2.75, 3.05) is 23.3 Å². The van der Waals surface area contributed by atoms with E-state index in [9.17, 15) is 17.6 Å². The van der Waals surface area contributed by atoms with Crippen LogP contribution in [-0.2, 0) is 10.0 Å². The summed E-state index contributed by atoms with van der Waals surface area (Å²) in [5, 5.41) is 2.76. The van der Waals surface area contributed by atoms with Gasteiger partial charge in [-0.3, -0.25) is 9.52 Å². The molecule has 1 heterocycles. The number of anilines is 2. The Morgan fingerprint density at radius 3 is 2.17 bits per heavy atom. The fraction of sp³-hybridized carbons (Fsp3) is 0.0952. The largest absolute Gasteiger partial charge is 0.486 e. The standard InChI is InChI=1S/C21H17FN2O5S/c22-15-3-8-18(9-4-15)30(26,27)24-16-5-1-14(2-6-16)21(25)23-17-7-10-19-20(13-17)29-12-11-28-19/h1-10,13,24H,11-12H2,(H,23,25). The predicted molar refractivity (Wildman–Crippen MR) is 109 cm³/mol. The first-order chi connectivity index (χ1) is 14.4. The maximum absolute atomic E-state index is 13.0. The highest BCUT2D eigenvalue weighted by atomic mass is 32.2. The molecule has 0 aromatic heterocycles. The van der Waals surface area contributed by atoms with Crippen LogP contribution < -0.4 is 19.5 Å². The zero-order valence-electron chi connectivity index (χ0n) is 15.6. The van der Waals surface area contributed by atoms with E-state index in [-0.39, 0.29) is 16.5 Å². The van der Waals surface area contributed by atoms with Crippen LogP contribution in [-0.4, -0.2) is 27.5 Å². The molecule has 0 bridgehead atoms. The number of nitrogens with one attached hydrogen (secondary N) is 2. The Morgan fingerprint density at radius 2 is 1.47 bits per heavy atom. The minimum Gasteiger partial charge on any atom is -0.486 e. The summed E-state index contributed by atoms with van der Waals surface area (Å²) in [5.74, 6) is 0.295. The number of halogens is 1. The summed E-state index contributed by atoms with van der Waals surface area (Å²) >= 11 is 0. The van der Waals surface area contributed by atoms with Crippen LogP contribution in [0.5, 0.6) is 11.5 Å². The Bertz CT molecular complexity index is 1180. The third-order valence-electron chi connectivity index (χ3n) is 4.32. The number of sulfonamides is 1. The predicted octanol–water partition coefficient (Wildman–Crippen LogP) is 3.65. The van der Waals surface area contributed by atoms with Gasteiger partial charge in [-0.2, -0.15) is 0 Å². The maximum atomic E-state index is 13.0. The van der Waals surface area contributed by atoms with E-state index in [1.165, 1.54) is 36.4 Å². The van der Waals surface area contributed by atoms with Crippen molar-refractivity contribution < 1.29 is 27.1 Å². The van der Waals surface area contributed by atoms with Crippen molar-refractivity contribution in [3.63, 3.8) is 0 Å². The van der Waals surface area contributed by atoms with Gasteiger partial charge in [0.15, 0.2) is 11.5 Å². The van der Waals surface area contributed by atoms with E-state index in [2.05, 4.69) is 10.0 Å². The van der Waals surface area contributed by atoms with E-state index >= 15 is 0 Å². The molecule has 4 rings (SSSR count). The molecule has 1 amide bonds. The van der Waals surface area contributed by atoms with Gasteiger partial charge in [-0.15, -0.1) is 0 Å². The second-order valence-corrected chi connectivity index (χ2v) is 8.13. The molecule has 1 aliphatic heterocycles. The zero-order chi connectivity index (χ0) is 21.1. The van der Waals surface area contributed by atoms with Gasteiger partial charge in [-0.05, 0) is 60.7 Å². The van der Waals surface area contributed by atoms with Crippen molar-refractivity contribution in [3.8, 4) is 11.5 Å². The van der Waals surface area contributed by atoms with Crippen molar-refractivity contribution in [1.82, 2.24) is 0 Å². The smallest absolute Gasteiger partial charge is 0.261 e. The van der Waals surface area contributed by atoms with Crippen LogP contribution in [0.3, 0.4) is 0 Å². The number of rotatable bonds is 5. The molecule has 3 aromatic rings. The number of carbonyl (C=O) groups excluding carboxylic acids is 1. The third-order valence-corrected chi connectivity index (χ3v) is 5.72. The third kappa shape index (κ3) is 4.36. The van der Waals surface area contributed by atoms with Crippen molar-refractivity contribution >= 4 is 27.3 Å². The number of fused-ring (bicyclic) bond motifs is 1. The molecule has 0 radical (unpaired) electrons. The molecule has 0 spiro atoms. The molecule has 0 saturated heterocycles. The van der Waals surface area contributed by atoms with E-state index in [1.807, 2.05) is 0 Å². The summed E-state index contributed by atoms with van der Waals surface area (Å²) in [7, 11) is -3.86. The van der Waals surface area contributed by atoms with Crippen LogP contribution in [0.4, 0.5) is 15.8 Å². The number of benzene rings is 3. The van der Waals surface area contributed by atoms with Crippen LogP contribution in [0.2, 0.25) is 0 Å². The van der Waals surface area contributed by atoms with Gasteiger partial charge in [-0.1, -0.05) is 0 Å². The quantitative estimate of drug-likeness (QED) is 0.647. The van der Waals surface area contributed by atoms with Crippen LogP contribution >= 0.6 is 0 Å². The molecule has 0 saturated carbocycles. The van der Waals surface area contributed by atoms with E-state index in [1.54, 1.807) is 18.2 Å². The van der Waals surface area contributed by atoms with Crippen molar-refractivity contribution in [1.29, 1.82) is 0 Å². The summed E-state index contributed by atoms with van der Waals surface area (Å²) in [6.07, 6.45) is 0. The molecule has 1 aliphatic rings. The average molecular weight is 428 g/mol. The van der Waals surface area contributed by atoms with Gasteiger partial charge in [-0.25, -0.2) is 12.8 Å². The molecule has 7 nitrogen and oxygen atoms in total. The number of hydrogen-bond donors (Lipinski definition) is 2. The van der Waals surface area contributed by atoms with Gasteiger partial charge in [0.05, 0.1) is 4.90 Å². The molecule has 0 unspecified atom stereocenters. The van der Waals surface area contributed by atoms with E-state index < -0.39 is 15.8 Å². The molecule has 30 heavy (non-hydrogen) atoms. The Kier molecular flexibility index (Phi) is 5.28. The SMILES string of the molecule is O=C(Nc1ccc2c(c1)OCCO2)c1ccc(NS(=O)(=O)c2ccc(F)cc2)cc1. The second kappa shape index (κ2) is 8.03. The summed E-state index contributed by atoms with van der Waals surface area (Å²) < 4.78 is 51.0. The molecule has 154 valence electrons. The highest BCUT2D eigenvalue weighted by Gasteiger charge is 2.16. The Morgan fingerprint density at radius 1 is 0.833 bits per heavy atom. The van der Waals surface area contributed by atoms with Gasteiger partial charge < -0.3 is 14.8 Å². The topological polar surface area (TPSA) is 93.7 Å². The Hall–Kier alpha value is -3.59. The van der Waals surface area contributed by atoms with Gasteiger partial charge in [0, 0.05) is 23.0 Å². The fourth-order valence-electron chi connectivity index (χ4n) is 2.84. The van der Waals surface area contributed by atoms with Gasteiger partial charge in [0.1, 0.15) is 19.0 Å². The number of carbonyl (C=O) groups is 1. The lowest BCUT2D eigenvalue weighted by atomic mass is 10.2. The molecule has 0 atom stereocenters. The molecule has 2 N–H and O–H groups in total. The molecule has 3 aromatic carbocycles. The Balaban J connectivity index is 1.44. The monoisotopic (exact) mass is 428 g/mol. The molecular formula is C21H17FN2O5S. The summed E-state index contributed by atoms with van der Waals surface area (Å²) in [6, 6.07) is 15.5. The summed E-state index contributed by atoms with van der Waals surface area (Å²) in [4.78, 5) is 12.4. The number of ether oxygens (including phenoxy) is 2. The van der Waals surface area contributed by atoms with E-state index in [0.29, 0.717) is 36.0 Å².